The number of aryl methyl sites for hydroxylation is 1. The predicted octanol–water partition coefficient (Wildman–Crippen LogP) is 9.88. The first-order chi connectivity index (χ1) is 20.8. The van der Waals surface area contributed by atoms with Crippen molar-refractivity contribution >= 4 is 16.6 Å². The van der Waals surface area contributed by atoms with E-state index in [-0.39, 0.29) is 44.8 Å². The van der Waals surface area contributed by atoms with E-state index in [1.54, 1.807) is 13.8 Å². The summed E-state index contributed by atoms with van der Waals surface area (Å²) in [5.41, 5.74) is 1.19. The third-order valence-corrected chi connectivity index (χ3v) is 22.2. The first-order valence-electron chi connectivity index (χ1n) is 17.6. The largest absolute Gasteiger partial charge is 0.468 e. The third kappa shape index (κ3) is 7.15. The molecule has 3 rings (SSSR count). The molecule has 258 valence electrons. The smallest absolute Gasteiger partial charge is 0.294 e. The molecule has 8 heteroatoms. The van der Waals surface area contributed by atoms with Crippen molar-refractivity contribution in [3.05, 3.63) is 39.3 Å². The van der Waals surface area contributed by atoms with Crippen molar-refractivity contribution < 1.29 is 23.1 Å². The highest BCUT2D eigenvalue weighted by Gasteiger charge is 2.60. The first kappa shape index (κ1) is 38.3. The first-order valence-corrected chi connectivity index (χ1v) is 23.1. The van der Waals surface area contributed by atoms with Gasteiger partial charge in [0.25, 0.3) is 5.95 Å². The van der Waals surface area contributed by atoms with Crippen molar-refractivity contribution in [3.63, 3.8) is 0 Å². The molecule has 45 heavy (non-hydrogen) atoms. The zero-order valence-corrected chi connectivity index (χ0v) is 33.1. The van der Waals surface area contributed by atoms with Crippen molar-refractivity contribution in [2.75, 3.05) is 13.7 Å². The van der Waals surface area contributed by atoms with Gasteiger partial charge in [0.15, 0.2) is 22.1 Å². The van der Waals surface area contributed by atoms with E-state index in [9.17, 15) is 9.90 Å². The van der Waals surface area contributed by atoms with Crippen molar-refractivity contribution in [3.8, 4) is 5.95 Å². The Labute approximate surface area is 277 Å². The summed E-state index contributed by atoms with van der Waals surface area (Å²) >= 11 is 0. The van der Waals surface area contributed by atoms with Crippen LogP contribution < -0.4 is 10.2 Å². The monoisotopic (exact) mass is 662 g/mol. The number of ether oxygens (including phenoxy) is 1. The topological polar surface area (TPSA) is 78.1 Å². The third-order valence-electron chi connectivity index (χ3n) is 13.0. The van der Waals surface area contributed by atoms with Gasteiger partial charge in [0, 0.05) is 18.1 Å². The predicted molar refractivity (Wildman–Crippen MR) is 191 cm³/mol. The minimum absolute atomic E-state index is 0.0990. The molecule has 2 saturated carbocycles. The lowest BCUT2D eigenvalue weighted by Gasteiger charge is -2.62. The van der Waals surface area contributed by atoms with Gasteiger partial charge in [0.1, 0.15) is 11.3 Å². The van der Waals surface area contributed by atoms with Crippen LogP contribution in [0, 0.1) is 36.5 Å². The molecule has 1 heterocycles. The normalized spacial score (nSPS) is 28.6. The minimum atomic E-state index is -1.87. The maximum absolute atomic E-state index is 13.6. The summed E-state index contributed by atoms with van der Waals surface area (Å²) in [5, 5.41) is 12.4. The van der Waals surface area contributed by atoms with Crippen LogP contribution in [0.4, 0.5) is 0 Å². The van der Waals surface area contributed by atoms with Gasteiger partial charge in [-0.15, -0.1) is 0 Å². The molecule has 2 aliphatic rings. The molecule has 0 spiro atoms. The summed E-state index contributed by atoms with van der Waals surface area (Å²) in [5.74, 6) is 0.634. The standard InChI is InChI=1S/C37H66O6Si2/c1-15-45(16-2,17-3)43-29-21-23-37(11)28(36(29,10)22-18-24-41-44(13,14)35(7,8)9)20-19-25(4)31(37)33(39)30-32(38)26(5)27(6)42-34(30)40-12/h28-29,31,33,39H,4,15-24H2,1-3,5-14H3/t28-,29+,31-,33?,36-,37-/m0/s1. The van der Waals surface area contributed by atoms with Crippen LogP contribution in [0.25, 0.3) is 0 Å². The summed E-state index contributed by atoms with van der Waals surface area (Å²) in [6, 6.07) is 3.39. The Morgan fingerprint density at radius 3 is 2.22 bits per heavy atom. The Morgan fingerprint density at radius 1 is 1.09 bits per heavy atom. The zero-order valence-electron chi connectivity index (χ0n) is 31.1. The van der Waals surface area contributed by atoms with Crippen molar-refractivity contribution in [2.24, 2.45) is 22.7 Å². The highest BCUT2D eigenvalue weighted by Crippen LogP contribution is 2.65. The van der Waals surface area contributed by atoms with Crippen LogP contribution in [0.3, 0.4) is 0 Å². The summed E-state index contributed by atoms with van der Waals surface area (Å²) in [4.78, 5) is 13.6. The molecule has 0 aliphatic heterocycles. The van der Waals surface area contributed by atoms with Crippen molar-refractivity contribution in [2.45, 2.75) is 156 Å². The number of hydrogen-bond acceptors (Lipinski definition) is 6. The summed E-state index contributed by atoms with van der Waals surface area (Å²) in [6.45, 7) is 32.1. The highest BCUT2D eigenvalue weighted by molar-refractivity contribution is 6.74. The average molecular weight is 663 g/mol. The van der Waals surface area contributed by atoms with Gasteiger partial charge in [-0.25, -0.2) is 0 Å². The molecule has 1 N–H and O–H groups in total. The molecule has 2 fully saturated rings. The maximum atomic E-state index is 13.6. The van der Waals surface area contributed by atoms with Gasteiger partial charge in [-0.3, -0.25) is 4.79 Å². The van der Waals surface area contributed by atoms with Crippen molar-refractivity contribution in [1.29, 1.82) is 0 Å². The Morgan fingerprint density at radius 2 is 1.69 bits per heavy atom. The van der Waals surface area contributed by atoms with Crippen LogP contribution in [0.1, 0.15) is 117 Å². The molecule has 0 radical (unpaired) electrons. The lowest BCUT2D eigenvalue weighted by Crippen LogP contribution is -2.59. The maximum Gasteiger partial charge on any atom is 0.294 e. The Kier molecular flexibility index (Phi) is 12.0. The molecule has 0 aromatic carbocycles. The minimum Gasteiger partial charge on any atom is -0.468 e. The van der Waals surface area contributed by atoms with Gasteiger partial charge < -0.3 is 23.1 Å². The van der Waals surface area contributed by atoms with Crippen LogP contribution in [0.5, 0.6) is 5.95 Å². The highest BCUT2D eigenvalue weighted by atomic mass is 28.4. The van der Waals surface area contributed by atoms with Gasteiger partial charge in [-0.05, 0) is 105 Å². The zero-order chi connectivity index (χ0) is 34.2. The number of hydrogen-bond donors (Lipinski definition) is 1. The molecule has 0 saturated heterocycles. The Balaban J connectivity index is 2.06. The fraction of sp³-hybridized carbons (Fsp3) is 0.811. The molecule has 0 amide bonds. The summed E-state index contributed by atoms with van der Waals surface area (Å²) < 4.78 is 25.6. The molecule has 6 atom stereocenters. The second-order valence-electron chi connectivity index (χ2n) is 16.3. The SMILES string of the molecule is C=C1CC[C@H]2[C@](C)(CCCO[Si](C)(C)C(C)(C)C)[C@H](O[Si](CC)(CC)CC)CC[C@]2(C)[C@@H]1C(O)c1c(OC)oc(C)c(C)c1=O. The van der Waals surface area contributed by atoms with Crippen LogP contribution in [0.2, 0.25) is 36.3 Å². The van der Waals surface area contributed by atoms with E-state index >= 15 is 0 Å². The van der Waals surface area contributed by atoms with Crippen LogP contribution in [-0.4, -0.2) is 41.6 Å². The number of aliphatic hydroxyl groups excluding tert-OH is 1. The van der Waals surface area contributed by atoms with E-state index in [1.165, 1.54) is 7.11 Å². The molecular weight excluding hydrogens is 597 g/mol. The molecule has 6 nitrogen and oxygen atoms in total. The Hall–Kier alpha value is -1.20. The number of aliphatic hydroxyl groups is 1. The molecule has 1 aromatic rings. The number of methoxy groups -OCH3 is 1. The average Bonchev–Trinajstić information content (AvgIpc) is 2.97. The van der Waals surface area contributed by atoms with Gasteiger partial charge in [-0.2, -0.15) is 0 Å². The van der Waals surface area contributed by atoms with E-state index < -0.39 is 22.7 Å². The number of fused-ring (bicyclic) bond motifs is 1. The fourth-order valence-corrected chi connectivity index (χ4v) is 12.7. The van der Waals surface area contributed by atoms with E-state index in [0.29, 0.717) is 17.2 Å². The lowest BCUT2D eigenvalue weighted by molar-refractivity contribution is -0.149. The lowest BCUT2D eigenvalue weighted by atomic mass is 9.44. The van der Waals surface area contributed by atoms with Gasteiger partial charge in [0.05, 0.1) is 19.3 Å². The van der Waals surface area contributed by atoms with Gasteiger partial charge >= 0.3 is 0 Å². The van der Waals surface area contributed by atoms with Crippen LogP contribution in [-0.2, 0) is 8.85 Å². The molecular formula is C37H66O6Si2. The fourth-order valence-electron chi connectivity index (χ4n) is 8.62. The molecule has 1 unspecified atom stereocenters. The van der Waals surface area contributed by atoms with Crippen LogP contribution in [0.15, 0.2) is 21.4 Å². The Bertz CT molecular complexity index is 1240. The summed E-state index contributed by atoms with van der Waals surface area (Å²) in [6.07, 6.45) is 4.79. The molecule has 2 aliphatic carbocycles. The van der Waals surface area contributed by atoms with E-state index in [1.807, 2.05) is 0 Å². The van der Waals surface area contributed by atoms with Crippen molar-refractivity contribution in [1.82, 2.24) is 0 Å². The van der Waals surface area contributed by atoms with E-state index in [0.717, 1.165) is 68.8 Å². The second kappa shape index (κ2) is 14.1. The van der Waals surface area contributed by atoms with E-state index in [4.69, 9.17) is 18.0 Å². The van der Waals surface area contributed by atoms with Gasteiger partial charge in [-0.1, -0.05) is 67.5 Å². The number of rotatable bonds is 13. The van der Waals surface area contributed by atoms with Gasteiger partial charge in [0.2, 0.25) is 0 Å². The molecule has 0 bridgehead atoms. The molecule has 1 aromatic heterocycles. The summed E-state index contributed by atoms with van der Waals surface area (Å²) in [7, 11) is -2.23. The van der Waals surface area contributed by atoms with Crippen LogP contribution >= 0.6 is 0 Å². The second-order valence-corrected chi connectivity index (χ2v) is 25.8. The quantitative estimate of drug-likeness (QED) is 0.129. The van der Waals surface area contributed by atoms with E-state index in [2.05, 4.69) is 75.1 Å².